The van der Waals surface area contributed by atoms with Crippen molar-refractivity contribution < 1.29 is 22.7 Å². The maximum atomic E-state index is 12.3. The Kier molecular flexibility index (Phi) is 7.60. The number of esters is 1. The predicted octanol–water partition coefficient (Wildman–Crippen LogP) is 1.02. The Bertz CT molecular complexity index is 692. The molecule has 0 atom stereocenters. The second-order valence-electron chi connectivity index (χ2n) is 4.77. The average Bonchev–Trinajstić information content (AvgIpc) is 2.58. The van der Waals surface area contributed by atoms with Crippen molar-refractivity contribution in [1.82, 2.24) is 9.62 Å². The van der Waals surface area contributed by atoms with Crippen LogP contribution in [0.1, 0.15) is 19.4 Å². The predicted molar refractivity (Wildman–Crippen MR) is 90.6 cm³/mol. The smallest absolute Gasteiger partial charge is 0.331 e. The van der Waals surface area contributed by atoms with Crippen molar-refractivity contribution in [3.8, 4) is 0 Å². The molecule has 0 saturated carbocycles. The van der Waals surface area contributed by atoms with Gasteiger partial charge in [0.1, 0.15) is 0 Å². The quantitative estimate of drug-likeness (QED) is 0.556. The third kappa shape index (κ3) is 5.47. The molecule has 1 N–H and O–H groups in total. The molecule has 24 heavy (non-hydrogen) atoms. The van der Waals surface area contributed by atoms with Crippen molar-refractivity contribution in [2.75, 3.05) is 26.7 Å². The van der Waals surface area contributed by atoms with Gasteiger partial charge in [0.15, 0.2) is 6.61 Å². The van der Waals surface area contributed by atoms with Gasteiger partial charge in [0.2, 0.25) is 10.0 Å². The van der Waals surface area contributed by atoms with Gasteiger partial charge >= 0.3 is 5.97 Å². The van der Waals surface area contributed by atoms with Gasteiger partial charge in [-0.3, -0.25) is 4.79 Å². The van der Waals surface area contributed by atoms with Crippen LogP contribution in [0, 0.1) is 0 Å². The highest BCUT2D eigenvalue weighted by Gasteiger charge is 2.20. The summed E-state index contributed by atoms with van der Waals surface area (Å²) < 4.78 is 30.8. The van der Waals surface area contributed by atoms with Crippen molar-refractivity contribution in [2.45, 2.75) is 18.7 Å². The van der Waals surface area contributed by atoms with Gasteiger partial charge in [-0.15, -0.1) is 0 Å². The minimum Gasteiger partial charge on any atom is -0.452 e. The van der Waals surface area contributed by atoms with Gasteiger partial charge in [-0.2, -0.15) is 4.31 Å². The molecule has 132 valence electrons. The van der Waals surface area contributed by atoms with E-state index in [4.69, 9.17) is 4.74 Å². The summed E-state index contributed by atoms with van der Waals surface area (Å²) in [5.41, 5.74) is 0.644. The molecule has 0 saturated heterocycles. The van der Waals surface area contributed by atoms with Gasteiger partial charge in [0, 0.05) is 26.2 Å². The zero-order valence-electron chi connectivity index (χ0n) is 14.0. The molecule has 8 heteroatoms. The largest absolute Gasteiger partial charge is 0.452 e. The van der Waals surface area contributed by atoms with E-state index in [0.29, 0.717) is 18.7 Å². The van der Waals surface area contributed by atoms with Gasteiger partial charge in [0.05, 0.1) is 4.90 Å². The van der Waals surface area contributed by atoms with Crippen molar-refractivity contribution in [3.05, 3.63) is 35.9 Å². The Hall–Kier alpha value is -2.19. The third-order valence-corrected chi connectivity index (χ3v) is 5.32. The van der Waals surface area contributed by atoms with Gasteiger partial charge in [-0.25, -0.2) is 13.2 Å². The lowest BCUT2D eigenvalue weighted by atomic mass is 10.2. The van der Waals surface area contributed by atoms with E-state index in [1.165, 1.54) is 35.6 Å². The first-order chi connectivity index (χ1) is 11.3. The molecule has 0 aliphatic carbocycles. The fraction of sp³-hybridized carbons (Fsp3) is 0.375. The maximum absolute atomic E-state index is 12.3. The summed E-state index contributed by atoms with van der Waals surface area (Å²) >= 11 is 0. The van der Waals surface area contributed by atoms with Crippen LogP contribution in [-0.2, 0) is 24.3 Å². The minimum atomic E-state index is -3.50. The molecule has 7 nitrogen and oxygen atoms in total. The first kappa shape index (κ1) is 19.9. The van der Waals surface area contributed by atoms with Crippen LogP contribution in [0.15, 0.2) is 35.2 Å². The SMILES string of the molecule is CCN(CC)S(=O)(=O)c1ccc(/C=C/C(=O)OCC(=O)NC)cc1. The summed E-state index contributed by atoms with van der Waals surface area (Å²) in [4.78, 5) is 22.6. The second-order valence-corrected chi connectivity index (χ2v) is 6.71. The Balaban J connectivity index is 2.76. The van der Waals surface area contributed by atoms with Crippen LogP contribution in [0.25, 0.3) is 6.08 Å². The van der Waals surface area contributed by atoms with Crippen LogP contribution in [0.4, 0.5) is 0 Å². The number of ether oxygens (including phenoxy) is 1. The van der Waals surface area contributed by atoms with Gasteiger partial charge < -0.3 is 10.1 Å². The fourth-order valence-electron chi connectivity index (χ4n) is 1.88. The summed E-state index contributed by atoms with van der Waals surface area (Å²) in [6.07, 6.45) is 2.66. The minimum absolute atomic E-state index is 0.200. The normalized spacial score (nSPS) is 11.7. The van der Waals surface area contributed by atoms with Gasteiger partial charge in [-0.05, 0) is 23.8 Å². The molecule has 0 heterocycles. The lowest BCUT2D eigenvalue weighted by molar-refractivity contribution is -0.143. The zero-order chi connectivity index (χ0) is 18.2. The monoisotopic (exact) mass is 354 g/mol. The van der Waals surface area contributed by atoms with Crippen LogP contribution in [0.3, 0.4) is 0 Å². The molecule has 1 aromatic rings. The average molecular weight is 354 g/mol. The molecule has 0 aromatic heterocycles. The van der Waals surface area contributed by atoms with Crippen LogP contribution in [0.2, 0.25) is 0 Å². The Morgan fingerprint density at radius 2 is 1.75 bits per heavy atom. The number of rotatable bonds is 8. The van der Waals surface area contributed by atoms with E-state index < -0.39 is 21.9 Å². The van der Waals surface area contributed by atoms with Crippen LogP contribution >= 0.6 is 0 Å². The Morgan fingerprint density at radius 3 is 2.25 bits per heavy atom. The molecule has 0 fully saturated rings. The number of hydrogen-bond donors (Lipinski definition) is 1. The van der Waals surface area contributed by atoms with E-state index in [-0.39, 0.29) is 11.5 Å². The number of likely N-dealkylation sites (N-methyl/N-ethyl adjacent to an activating group) is 1. The number of nitrogens with zero attached hydrogens (tertiary/aromatic N) is 1. The number of carbonyl (C=O) groups excluding carboxylic acids is 2. The van der Waals surface area contributed by atoms with E-state index in [9.17, 15) is 18.0 Å². The first-order valence-corrected chi connectivity index (χ1v) is 8.94. The third-order valence-electron chi connectivity index (χ3n) is 3.26. The van der Waals surface area contributed by atoms with Crippen molar-refractivity contribution in [3.63, 3.8) is 0 Å². The Morgan fingerprint density at radius 1 is 1.17 bits per heavy atom. The van der Waals surface area contributed by atoms with Gasteiger partial charge in [-0.1, -0.05) is 26.0 Å². The van der Waals surface area contributed by atoms with E-state index in [0.717, 1.165) is 0 Å². The number of benzene rings is 1. The van der Waals surface area contributed by atoms with E-state index in [1.807, 2.05) is 0 Å². The molecule has 1 rings (SSSR count). The number of nitrogens with one attached hydrogen (secondary N) is 1. The van der Waals surface area contributed by atoms with Crippen LogP contribution < -0.4 is 5.32 Å². The molecule has 0 unspecified atom stereocenters. The molecule has 1 amide bonds. The number of sulfonamides is 1. The lowest BCUT2D eigenvalue weighted by Gasteiger charge is -2.18. The summed E-state index contributed by atoms with van der Waals surface area (Å²) in [6, 6.07) is 6.17. The summed E-state index contributed by atoms with van der Waals surface area (Å²) in [7, 11) is -2.05. The Labute approximate surface area is 142 Å². The molecule has 0 aliphatic heterocycles. The van der Waals surface area contributed by atoms with Gasteiger partial charge in [0.25, 0.3) is 5.91 Å². The standard InChI is InChI=1S/C16H22N2O5S/c1-4-18(5-2)24(21,22)14-9-6-13(7-10-14)8-11-16(20)23-12-15(19)17-3/h6-11H,4-5,12H2,1-3H3,(H,17,19)/b11-8+. The highest BCUT2D eigenvalue weighted by molar-refractivity contribution is 7.89. The van der Waals surface area contributed by atoms with Crippen LogP contribution in [-0.4, -0.2) is 51.3 Å². The summed E-state index contributed by atoms with van der Waals surface area (Å²) in [5, 5.41) is 2.33. The summed E-state index contributed by atoms with van der Waals surface area (Å²) in [6.45, 7) is 4.02. The van der Waals surface area contributed by atoms with E-state index in [1.54, 1.807) is 26.0 Å². The van der Waals surface area contributed by atoms with Crippen LogP contribution in [0.5, 0.6) is 0 Å². The number of hydrogen-bond acceptors (Lipinski definition) is 5. The lowest BCUT2D eigenvalue weighted by Crippen LogP contribution is -2.30. The summed E-state index contributed by atoms with van der Waals surface area (Å²) in [5.74, 6) is -1.05. The number of carbonyl (C=O) groups is 2. The molecule has 0 aliphatic rings. The topological polar surface area (TPSA) is 92.8 Å². The van der Waals surface area contributed by atoms with Crippen molar-refractivity contribution in [2.24, 2.45) is 0 Å². The fourth-order valence-corrected chi connectivity index (χ4v) is 3.34. The van der Waals surface area contributed by atoms with Crippen molar-refractivity contribution in [1.29, 1.82) is 0 Å². The zero-order valence-corrected chi connectivity index (χ0v) is 14.8. The first-order valence-electron chi connectivity index (χ1n) is 7.50. The molecule has 0 spiro atoms. The highest BCUT2D eigenvalue weighted by atomic mass is 32.2. The molecular weight excluding hydrogens is 332 g/mol. The number of amides is 1. The molecular formula is C16H22N2O5S. The van der Waals surface area contributed by atoms with E-state index >= 15 is 0 Å². The molecule has 0 radical (unpaired) electrons. The van der Waals surface area contributed by atoms with E-state index in [2.05, 4.69) is 5.32 Å². The van der Waals surface area contributed by atoms with Crippen molar-refractivity contribution >= 4 is 28.0 Å². The highest BCUT2D eigenvalue weighted by Crippen LogP contribution is 2.16. The second kappa shape index (κ2) is 9.19. The maximum Gasteiger partial charge on any atom is 0.331 e. The molecule has 1 aromatic carbocycles. The molecule has 0 bridgehead atoms.